The molecule has 0 N–H and O–H groups in total. The fourth-order valence-electron chi connectivity index (χ4n) is 4.10. The average Bonchev–Trinajstić information content (AvgIpc) is 2.42. The van der Waals surface area contributed by atoms with Gasteiger partial charge in [-0.2, -0.15) is 0 Å². The molecule has 21 heavy (non-hydrogen) atoms. The maximum absolute atomic E-state index is 2.36. The van der Waals surface area contributed by atoms with Crippen molar-refractivity contribution in [3.63, 3.8) is 0 Å². The number of hydrogen-bond acceptors (Lipinski definition) is 0. The van der Waals surface area contributed by atoms with E-state index in [1.807, 2.05) is 0 Å². The van der Waals surface area contributed by atoms with Crippen molar-refractivity contribution in [3.8, 4) is 0 Å². The van der Waals surface area contributed by atoms with E-state index in [1.165, 1.54) is 22.3 Å². The Balaban J connectivity index is 2.31. The van der Waals surface area contributed by atoms with Crippen LogP contribution in [0.2, 0.25) is 0 Å². The molecular weight excluding hydrogens is 252 g/mol. The van der Waals surface area contributed by atoms with Crippen LogP contribution in [0.5, 0.6) is 0 Å². The van der Waals surface area contributed by atoms with Gasteiger partial charge in [-0.25, -0.2) is 0 Å². The molecule has 0 heteroatoms. The molecule has 0 atom stereocenters. The monoisotopic (exact) mass is 278 g/mol. The second-order valence-corrected chi connectivity index (χ2v) is 7.78. The zero-order chi connectivity index (χ0) is 15.2. The van der Waals surface area contributed by atoms with Crippen LogP contribution in [0.15, 0.2) is 48.5 Å². The number of benzene rings is 2. The van der Waals surface area contributed by atoms with Crippen LogP contribution in [0.25, 0.3) is 0 Å². The van der Waals surface area contributed by atoms with Crippen LogP contribution in [0.1, 0.15) is 68.7 Å². The molecule has 0 aromatic heterocycles. The first kappa shape index (κ1) is 14.4. The molecule has 0 spiro atoms. The van der Waals surface area contributed by atoms with Crippen LogP contribution in [-0.2, 0) is 0 Å². The predicted octanol–water partition coefficient (Wildman–Crippen LogP) is 5.97. The van der Waals surface area contributed by atoms with Crippen molar-refractivity contribution in [2.75, 3.05) is 0 Å². The Morgan fingerprint density at radius 1 is 0.714 bits per heavy atom. The largest absolute Gasteiger partial charge is 0.0620 e. The molecule has 2 aromatic carbocycles. The van der Waals surface area contributed by atoms with Gasteiger partial charge in [-0.05, 0) is 33.6 Å². The minimum Gasteiger partial charge on any atom is -0.0620 e. The Morgan fingerprint density at radius 3 is 1.43 bits per heavy atom. The van der Waals surface area contributed by atoms with Gasteiger partial charge < -0.3 is 0 Å². The van der Waals surface area contributed by atoms with Crippen LogP contribution >= 0.6 is 0 Å². The molecule has 0 saturated carbocycles. The van der Waals surface area contributed by atoms with Gasteiger partial charge in [0.05, 0.1) is 0 Å². The van der Waals surface area contributed by atoms with Crippen molar-refractivity contribution in [2.45, 2.75) is 46.5 Å². The summed E-state index contributed by atoms with van der Waals surface area (Å²) < 4.78 is 0. The van der Waals surface area contributed by atoms with Gasteiger partial charge in [-0.1, -0.05) is 83.1 Å². The molecule has 0 fully saturated rings. The molecule has 110 valence electrons. The summed E-state index contributed by atoms with van der Waals surface area (Å²) in [4.78, 5) is 0. The number of fused-ring (bicyclic) bond motifs is 2. The Kier molecular flexibility index (Phi) is 3.43. The molecular formula is C21H26. The third kappa shape index (κ3) is 2.31. The lowest BCUT2D eigenvalue weighted by atomic mass is 9.62. The summed E-state index contributed by atoms with van der Waals surface area (Å²) in [6, 6.07) is 18.2. The fourth-order valence-corrected chi connectivity index (χ4v) is 4.10. The lowest BCUT2D eigenvalue weighted by Gasteiger charge is -2.42. The lowest BCUT2D eigenvalue weighted by molar-refractivity contribution is 0.345. The average molecular weight is 278 g/mol. The fraction of sp³-hybridized carbons (Fsp3) is 0.429. The van der Waals surface area contributed by atoms with E-state index in [0.29, 0.717) is 17.8 Å². The highest BCUT2D eigenvalue weighted by Crippen LogP contribution is 2.52. The molecule has 0 bridgehead atoms. The quantitative estimate of drug-likeness (QED) is 0.603. The molecule has 1 aliphatic carbocycles. The van der Waals surface area contributed by atoms with Gasteiger partial charge >= 0.3 is 0 Å². The van der Waals surface area contributed by atoms with Crippen molar-refractivity contribution < 1.29 is 0 Å². The van der Waals surface area contributed by atoms with E-state index >= 15 is 0 Å². The summed E-state index contributed by atoms with van der Waals surface area (Å²) in [6.07, 6.45) is 0. The van der Waals surface area contributed by atoms with E-state index in [0.717, 1.165) is 0 Å². The summed E-state index contributed by atoms with van der Waals surface area (Å²) in [6.45, 7) is 11.8. The first-order valence-electron chi connectivity index (χ1n) is 8.09. The van der Waals surface area contributed by atoms with Crippen molar-refractivity contribution in [1.82, 2.24) is 0 Å². The van der Waals surface area contributed by atoms with Crippen LogP contribution in [-0.4, -0.2) is 0 Å². The lowest BCUT2D eigenvalue weighted by Crippen LogP contribution is -2.28. The van der Waals surface area contributed by atoms with Gasteiger partial charge in [-0.3, -0.25) is 0 Å². The summed E-state index contributed by atoms with van der Waals surface area (Å²) in [5, 5.41) is 0. The zero-order valence-corrected chi connectivity index (χ0v) is 13.9. The van der Waals surface area contributed by atoms with Crippen molar-refractivity contribution >= 4 is 0 Å². The smallest absolute Gasteiger partial charge is 0.0144 e. The molecule has 3 rings (SSSR count). The second kappa shape index (κ2) is 5.02. The highest BCUT2D eigenvalue weighted by molar-refractivity contribution is 5.53. The van der Waals surface area contributed by atoms with E-state index in [9.17, 15) is 0 Å². The minimum atomic E-state index is 0.230. The Labute approximate surface area is 129 Å². The molecule has 0 unspecified atom stereocenters. The summed E-state index contributed by atoms with van der Waals surface area (Å²) in [5.74, 6) is 1.63. The highest BCUT2D eigenvalue weighted by atomic mass is 14.4. The Morgan fingerprint density at radius 2 is 1.10 bits per heavy atom. The van der Waals surface area contributed by atoms with Crippen LogP contribution in [0, 0.1) is 11.3 Å². The van der Waals surface area contributed by atoms with Gasteiger partial charge in [0, 0.05) is 11.8 Å². The van der Waals surface area contributed by atoms with Gasteiger partial charge in [-0.15, -0.1) is 0 Å². The van der Waals surface area contributed by atoms with Crippen LogP contribution < -0.4 is 0 Å². The predicted molar refractivity (Wildman–Crippen MR) is 90.9 cm³/mol. The van der Waals surface area contributed by atoms with E-state index < -0.39 is 0 Å². The highest BCUT2D eigenvalue weighted by Gasteiger charge is 2.38. The maximum atomic E-state index is 2.36. The van der Waals surface area contributed by atoms with Crippen LogP contribution in [0.4, 0.5) is 0 Å². The summed E-state index contributed by atoms with van der Waals surface area (Å²) in [7, 11) is 0. The normalized spacial score (nSPS) is 21.0. The third-order valence-electron chi connectivity index (χ3n) is 4.82. The number of hydrogen-bond donors (Lipinski definition) is 0. The molecule has 0 radical (unpaired) electrons. The molecule has 0 aliphatic heterocycles. The number of rotatable bonds is 1. The van der Waals surface area contributed by atoms with Crippen molar-refractivity contribution in [1.29, 1.82) is 0 Å². The van der Waals surface area contributed by atoms with E-state index in [4.69, 9.17) is 0 Å². The first-order valence-corrected chi connectivity index (χ1v) is 8.09. The van der Waals surface area contributed by atoms with Crippen molar-refractivity contribution in [2.24, 2.45) is 11.3 Å². The van der Waals surface area contributed by atoms with Gasteiger partial charge in [0.2, 0.25) is 0 Å². The van der Waals surface area contributed by atoms with Crippen molar-refractivity contribution in [3.05, 3.63) is 70.8 Å². The summed E-state index contributed by atoms with van der Waals surface area (Å²) >= 11 is 0. The summed E-state index contributed by atoms with van der Waals surface area (Å²) in [5.41, 5.74) is 6.36. The minimum absolute atomic E-state index is 0.230. The third-order valence-corrected chi connectivity index (χ3v) is 4.82. The van der Waals surface area contributed by atoms with Gasteiger partial charge in [0.1, 0.15) is 0 Å². The second-order valence-electron chi connectivity index (χ2n) is 7.78. The topological polar surface area (TPSA) is 0 Å². The SMILES string of the molecule is CC(C)C1c2ccccc2C(C(C)(C)C)c2ccccc21. The molecule has 2 aromatic rings. The van der Waals surface area contributed by atoms with Crippen LogP contribution in [0.3, 0.4) is 0 Å². The Hall–Kier alpha value is -1.56. The molecule has 0 heterocycles. The van der Waals surface area contributed by atoms with Gasteiger partial charge in [0.15, 0.2) is 0 Å². The molecule has 0 amide bonds. The molecule has 0 nitrogen and oxygen atoms in total. The van der Waals surface area contributed by atoms with Gasteiger partial charge in [0.25, 0.3) is 0 Å². The zero-order valence-electron chi connectivity index (χ0n) is 13.9. The standard InChI is InChI=1S/C21H26/c1-14(2)19-15-10-6-8-12-17(15)20(21(3,4)5)18-13-9-7-11-16(18)19/h6-14,19-20H,1-5H3. The maximum Gasteiger partial charge on any atom is 0.0144 e. The Bertz CT molecular complexity index is 596. The first-order chi connectivity index (χ1) is 9.91. The van der Waals surface area contributed by atoms with E-state index in [2.05, 4.69) is 83.1 Å². The molecule has 0 saturated heterocycles. The van der Waals surface area contributed by atoms with E-state index in [1.54, 1.807) is 0 Å². The molecule has 1 aliphatic rings. The van der Waals surface area contributed by atoms with E-state index in [-0.39, 0.29) is 5.41 Å².